The summed E-state index contributed by atoms with van der Waals surface area (Å²) in [6.45, 7) is 2.39. The molecule has 0 heterocycles. The lowest BCUT2D eigenvalue weighted by Gasteiger charge is -2.28. The fraction of sp³-hybridized carbons (Fsp3) is 0.0385. The normalized spacial score (nSPS) is 15.1. The summed E-state index contributed by atoms with van der Waals surface area (Å²) in [5, 5.41) is 10.4. The molecular formula is C52H34. The van der Waals surface area contributed by atoms with E-state index in [0.29, 0.717) is 0 Å². The third-order valence-corrected chi connectivity index (χ3v) is 11.9. The molecule has 10 aromatic carbocycles. The highest BCUT2D eigenvalue weighted by Gasteiger charge is 2.40. The van der Waals surface area contributed by atoms with Gasteiger partial charge in [0.15, 0.2) is 0 Å². The van der Waals surface area contributed by atoms with Crippen molar-refractivity contribution in [2.75, 3.05) is 0 Å². The first-order valence-corrected chi connectivity index (χ1v) is 18.3. The lowest BCUT2D eigenvalue weighted by molar-refractivity contribution is 0.715. The predicted molar refractivity (Wildman–Crippen MR) is 221 cm³/mol. The van der Waals surface area contributed by atoms with Gasteiger partial charge in [0.1, 0.15) is 0 Å². The zero-order valence-corrected chi connectivity index (χ0v) is 28.9. The molecule has 0 heteroatoms. The summed E-state index contributed by atoms with van der Waals surface area (Å²) in [6.07, 6.45) is 0. The van der Waals surface area contributed by atoms with Gasteiger partial charge >= 0.3 is 0 Å². The van der Waals surface area contributed by atoms with Crippen LogP contribution in [0.3, 0.4) is 0 Å². The van der Waals surface area contributed by atoms with E-state index >= 15 is 0 Å². The number of benzene rings is 10. The van der Waals surface area contributed by atoms with Crippen molar-refractivity contribution in [3.05, 3.63) is 205 Å². The monoisotopic (exact) mass is 658 g/mol. The highest BCUT2D eigenvalue weighted by Crippen LogP contribution is 2.53. The molecule has 10 aromatic rings. The fourth-order valence-corrected chi connectivity index (χ4v) is 9.28. The zero-order valence-electron chi connectivity index (χ0n) is 28.9. The maximum atomic E-state index is 2.45. The SMILES string of the molecule is CC1(c2ccccc2)c2ccccc2-c2cc3ccc(-c4cccc(-c5ccc6ccc7c(-c8ccccc8)ccc8ccc5c6c87)c4)cc3cc21. The third-order valence-electron chi connectivity index (χ3n) is 11.9. The van der Waals surface area contributed by atoms with Crippen molar-refractivity contribution < 1.29 is 0 Å². The van der Waals surface area contributed by atoms with Gasteiger partial charge in [-0.25, -0.2) is 0 Å². The molecule has 0 saturated carbocycles. The Morgan fingerprint density at radius 3 is 1.63 bits per heavy atom. The Bertz CT molecular complexity index is 3010. The molecule has 1 unspecified atom stereocenters. The standard InChI is InChI=1S/C52H34/c1-52(41-15-6-3-7-16-41)48-18-9-8-17-44(48)47-31-38-20-19-37(30-40(38)32-49(47)52)36-13-10-14-39(29-36)43-26-22-35-23-27-45-42(33-11-4-2-5-12-33)25-21-34-24-28-46(43)51(35)50(34)45/h2-32H,1H3. The van der Waals surface area contributed by atoms with E-state index in [2.05, 4.69) is 195 Å². The van der Waals surface area contributed by atoms with Crippen molar-refractivity contribution in [1.29, 1.82) is 0 Å². The van der Waals surface area contributed by atoms with Crippen LogP contribution in [-0.2, 0) is 5.41 Å². The van der Waals surface area contributed by atoms with Gasteiger partial charge in [0.05, 0.1) is 0 Å². The summed E-state index contributed by atoms with van der Waals surface area (Å²) < 4.78 is 0. The number of rotatable bonds is 4. The van der Waals surface area contributed by atoms with Gasteiger partial charge in [-0.05, 0) is 135 Å². The number of hydrogen-bond acceptors (Lipinski definition) is 0. The van der Waals surface area contributed by atoms with Gasteiger partial charge in [0.25, 0.3) is 0 Å². The minimum Gasteiger partial charge on any atom is -0.0622 e. The number of fused-ring (bicyclic) bond motifs is 4. The van der Waals surface area contributed by atoms with Crippen LogP contribution in [0.1, 0.15) is 23.6 Å². The van der Waals surface area contributed by atoms with Gasteiger partial charge in [0.2, 0.25) is 0 Å². The second-order valence-corrected chi connectivity index (χ2v) is 14.6. The summed E-state index contributed by atoms with van der Waals surface area (Å²) in [5.41, 5.74) is 14.1. The summed E-state index contributed by atoms with van der Waals surface area (Å²) in [4.78, 5) is 0. The summed E-state index contributed by atoms with van der Waals surface area (Å²) in [5.74, 6) is 0. The fourth-order valence-electron chi connectivity index (χ4n) is 9.28. The van der Waals surface area contributed by atoms with Crippen molar-refractivity contribution in [2.45, 2.75) is 12.3 Å². The molecule has 0 bridgehead atoms. The molecule has 0 spiro atoms. The molecule has 1 aliphatic carbocycles. The van der Waals surface area contributed by atoms with E-state index in [4.69, 9.17) is 0 Å². The molecule has 0 radical (unpaired) electrons. The van der Waals surface area contributed by atoms with E-state index in [0.717, 1.165) is 0 Å². The summed E-state index contributed by atoms with van der Waals surface area (Å²) >= 11 is 0. The Labute approximate surface area is 303 Å². The molecule has 11 rings (SSSR count). The second kappa shape index (κ2) is 11.0. The maximum absolute atomic E-state index is 2.45. The Morgan fingerprint density at radius 2 is 0.885 bits per heavy atom. The summed E-state index contributed by atoms with van der Waals surface area (Å²) in [6, 6.07) is 70.1. The zero-order chi connectivity index (χ0) is 34.4. The first-order chi connectivity index (χ1) is 25.6. The van der Waals surface area contributed by atoms with Gasteiger partial charge in [-0.1, -0.05) is 164 Å². The minimum absolute atomic E-state index is 0.214. The smallest absolute Gasteiger partial charge is 0.0435 e. The quantitative estimate of drug-likeness (QED) is 0.165. The largest absolute Gasteiger partial charge is 0.0622 e. The van der Waals surface area contributed by atoms with Crippen LogP contribution in [-0.4, -0.2) is 0 Å². The van der Waals surface area contributed by atoms with Gasteiger partial charge in [0, 0.05) is 5.41 Å². The van der Waals surface area contributed by atoms with Crippen LogP contribution in [0.2, 0.25) is 0 Å². The van der Waals surface area contributed by atoms with Crippen molar-refractivity contribution in [3.63, 3.8) is 0 Å². The third kappa shape index (κ3) is 4.16. The average molecular weight is 659 g/mol. The lowest BCUT2D eigenvalue weighted by Crippen LogP contribution is -2.22. The van der Waals surface area contributed by atoms with E-state index in [1.807, 2.05) is 0 Å². The van der Waals surface area contributed by atoms with Crippen molar-refractivity contribution in [1.82, 2.24) is 0 Å². The van der Waals surface area contributed by atoms with Crippen LogP contribution in [0.5, 0.6) is 0 Å². The lowest BCUT2D eigenvalue weighted by atomic mass is 9.74. The Morgan fingerprint density at radius 1 is 0.308 bits per heavy atom. The first kappa shape index (κ1) is 29.3. The summed E-state index contributed by atoms with van der Waals surface area (Å²) in [7, 11) is 0. The van der Waals surface area contributed by atoms with Crippen molar-refractivity contribution >= 4 is 43.1 Å². The van der Waals surface area contributed by atoms with E-state index in [9.17, 15) is 0 Å². The molecule has 0 saturated heterocycles. The van der Waals surface area contributed by atoms with E-state index in [-0.39, 0.29) is 5.41 Å². The second-order valence-electron chi connectivity index (χ2n) is 14.6. The number of hydrogen-bond donors (Lipinski definition) is 0. The Balaban J connectivity index is 1.05. The highest BCUT2D eigenvalue weighted by molar-refractivity contribution is 6.27. The van der Waals surface area contributed by atoms with Crippen LogP contribution < -0.4 is 0 Å². The van der Waals surface area contributed by atoms with E-state index < -0.39 is 0 Å². The molecule has 0 nitrogen and oxygen atoms in total. The predicted octanol–water partition coefficient (Wildman–Crippen LogP) is 14.1. The maximum Gasteiger partial charge on any atom is 0.0435 e. The van der Waals surface area contributed by atoms with Crippen molar-refractivity contribution in [3.8, 4) is 44.5 Å². The molecule has 0 aromatic heterocycles. The van der Waals surface area contributed by atoms with Crippen LogP contribution >= 0.6 is 0 Å². The minimum atomic E-state index is -0.214. The van der Waals surface area contributed by atoms with Crippen LogP contribution in [0, 0.1) is 0 Å². The Hall–Kier alpha value is -6.50. The van der Waals surface area contributed by atoms with E-state index in [1.54, 1.807) is 0 Å². The molecule has 1 atom stereocenters. The molecule has 242 valence electrons. The van der Waals surface area contributed by atoms with E-state index in [1.165, 1.54) is 104 Å². The topological polar surface area (TPSA) is 0 Å². The van der Waals surface area contributed by atoms with Gasteiger partial charge < -0.3 is 0 Å². The Kier molecular flexibility index (Phi) is 6.19. The van der Waals surface area contributed by atoms with Gasteiger partial charge in [-0.15, -0.1) is 0 Å². The molecule has 52 heavy (non-hydrogen) atoms. The van der Waals surface area contributed by atoms with Gasteiger partial charge in [-0.3, -0.25) is 0 Å². The molecule has 0 amide bonds. The van der Waals surface area contributed by atoms with Crippen molar-refractivity contribution in [2.24, 2.45) is 0 Å². The molecule has 0 fully saturated rings. The average Bonchev–Trinajstić information content (AvgIpc) is 3.47. The molecule has 1 aliphatic rings. The molecular weight excluding hydrogens is 625 g/mol. The van der Waals surface area contributed by atoms with Crippen LogP contribution in [0.15, 0.2) is 188 Å². The first-order valence-electron chi connectivity index (χ1n) is 18.3. The highest BCUT2D eigenvalue weighted by atomic mass is 14.4. The van der Waals surface area contributed by atoms with Crippen LogP contribution in [0.25, 0.3) is 87.6 Å². The molecule has 0 N–H and O–H groups in total. The van der Waals surface area contributed by atoms with Crippen LogP contribution in [0.4, 0.5) is 0 Å². The van der Waals surface area contributed by atoms with Gasteiger partial charge in [-0.2, -0.15) is 0 Å². The molecule has 0 aliphatic heterocycles.